The summed E-state index contributed by atoms with van der Waals surface area (Å²) in [6, 6.07) is 0.691. The van der Waals surface area contributed by atoms with Crippen molar-refractivity contribution in [3.05, 3.63) is 0 Å². The van der Waals surface area contributed by atoms with Crippen LogP contribution < -0.4 is 0 Å². The third-order valence-electron chi connectivity index (χ3n) is 2.81. The minimum absolute atomic E-state index is 0.417. The number of morpholine rings is 1. The fraction of sp³-hybridized carbons (Fsp3) is 1.00. The van der Waals surface area contributed by atoms with Gasteiger partial charge >= 0.3 is 0 Å². The van der Waals surface area contributed by atoms with Crippen molar-refractivity contribution in [2.75, 3.05) is 19.7 Å². The van der Waals surface area contributed by atoms with Gasteiger partial charge in [-0.1, -0.05) is 13.8 Å². The number of ether oxygens (including phenoxy) is 1. The summed E-state index contributed by atoms with van der Waals surface area (Å²) in [7, 11) is 0. The second kappa shape index (κ2) is 4.24. The molecule has 0 N–H and O–H groups in total. The van der Waals surface area contributed by atoms with E-state index in [1.807, 2.05) is 0 Å². The molecule has 1 aliphatic rings. The van der Waals surface area contributed by atoms with Gasteiger partial charge in [0.25, 0.3) is 0 Å². The Balaban J connectivity index is 2.40. The molecule has 1 fully saturated rings. The number of nitrogens with zero attached hydrogens (tertiary/aromatic N) is 1. The van der Waals surface area contributed by atoms with E-state index in [1.165, 1.54) is 0 Å². The number of hydrogen-bond donors (Lipinski definition) is 0. The van der Waals surface area contributed by atoms with E-state index in [4.69, 9.17) is 4.74 Å². The van der Waals surface area contributed by atoms with Crippen LogP contribution in [0.25, 0.3) is 0 Å². The van der Waals surface area contributed by atoms with Crippen molar-refractivity contribution in [1.29, 1.82) is 0 Å². The summed E-state index contributed by atoms with van der Waals surface area (Å²) in [6.45, 7) is 12.1. The lowest BCUT2D eigenvalue weighted by Crippen LogP contribution is -2.47. The minimum Gasteiger partial charge on any atom is -0.376 e. The Bertz CT molecular complexity index is 136. The molecular formula is C10H21NO. The van der Waals surface area contributed by atoms with Crippen LogP contribution in [0.5, 0.6) is 0 Å². The molecule has 0 aromatic carbocycles. The second-order valence-electron chi connectivity index (χ2n) is 4.16. The van der Waals surface area contributed by atoms with E-state index in [0.717, 1.165) is 25.6 Å². The summed E-state index contributed by atoms with van der Waals surface area (Å²) in [5.74, 6) is 0.746. The van der Waals surface area contributed by atoms with E-state index in [0.29, 0.717) is 12.1 Å². The van der Waals surface area contributed by atoms with Gasteiger partial charge in [-0.25, -0.2) is 0 Å². The summed E-state index contributed by atoms with van der Waals surface area (Å²) in [4.78, 5) is 2.53. The van der Waals surface area contributed by atoms with Gasteiger partial charge in [0.05, 0.1) is 12.7 Å². The van der Waals surface area contributed by atoms with Crippen LogP contribution in [0.4, 0.5) is 0 Å². The molecular weight excluding hydrogens is 150 g/mol. The quantitative estimate of drug-likeness (QED) is 0.627. The highest BCUT2D eigenvalue weighted by Crippen LogP contribution is 2.14. The molecule has 2 heteroatoms. The van der Waals surface area contributed by atoms with Crippen LogP contribution in [0.3, 0.4) is 0 Å². The van der Waals surface area contributed by atoms with Crippen molar-refractivity contribution >= 4 is 0 Å². The molecule has 0 saturated carbocycles. The van der Waals surface area contributed by atoms with Gasteiger partial charge in [-0.3, -0.25) is 4.90 Å². The maximum Gasteiger partial charge on any atom is 0.0674 e. The molecule has 2 unspecified atom stereocenters. The topological polar surface area (TPSA) is 12.5 Å². The monoisotopic (exact) mass is 171 g/mol. The first-order valence-electron chi connectivity index (χ1n) is 4.97. The lowest BCUT2D eigenvalue weighted by Gasteiger charge is -2.37. The molecule has 0 spiro atoms. The van der Waals surface area contributed by atoms with E-state index in [-0.39, 0.29) is 0 Å². The summed E-state index contributed by atoms with van der Waals surface area (Å²) in [5.41, 5.74) is 0. The normalized spacial score (nSPS) is 29.2. The first-order chi connectivity index (χ1) is 5.61. The van der Waals surface area contributed by atoms with Crippen LogP contribution in [0.1, 0.15) is 27.7 Å². The van der Waals surface area contributed by atoms with Crippen molar-refractivity contribution in [2.45, 2.75) is 39.8 Å². The van der Waals surface area contributed by atoms with Crippen molar-refractivity contribution in [3.8, 4) is 0 Å². The molecule has 1 saturated heterocycles. The highest BCUT2D eigenvalue weighted by atomic mass is 16.5. The van der Waals surface area contributed by atoms with Gasteiger partial charge in [0, 0.05) is 19.1 Å². The van der Waals surface area contributed by atoms with Crippen LogP contribution in [0.15, 0.2) is 0 Å². The summed E-state index contributed by atoms with van der Waals surface area (Å²) in [6.07, 6.45) is 0.417. The molecule has 0 radical (unpaired) electrons. The molecule has 2 nitrogen and oxygen atoms in total. The molecule has 12 heavy (non-hydrogen) atoms. The third-order valence-corrected chi connectivity index (χ3v) is 2.81. The van der Waals surface area contributed by atoms with Crippen LogP contribution >= 0.6 is 0 Å². The van der Waals surface area contributed by atoms with Gasteiger partial charge in [0.15, 0.2) is 0 Å². The summed E-state index contributed by atoms with van der Waals surface area (Å²) in [5, 5.41) is 0. The smallest absolute Gasteiger partial charge is 0.0674 e. The van der Waals surface area contributed by atoms with Crippen LogP contribution in [0, 0.1) is 5.92 Å². The molecule has 0 bridgehead atoms. The summed E-state index contributed by atoms with van der Waals surface area (Å²) < 4.78 is 5.50. The highest BCUT2D eigenvalue weighted by molar-refractivity contribution is 4.75. The largest absolute Gasteiger partial charge is 0.376 e. The highest BCUT2D eigenvalue weighted by Gasteiger charge is 2.22. The number of hydrogen-bond acceptors (Lipinski definition) is 2. The Morgan fingerprint density at radius 3 is 2.50 bits per heavy atom. The van der Waals surface area contributed by atoms with Gasteiger partial charge in [0.2, 0.25) is 0 Å². The molecule has 1 heterocycles. The SMILES string of the molecule is CC1CN(C(C)C(C)C)CCO1. The Morgan fingerprint density at radius 2 is 2.00 bits per heavy atom. The molecule has 0 aromatic heterocycles. The van der Waals surface area contributed by atoms with Crippen molar-refractivity contribution < 1.29 is 4.74 Å². The van der Waals surface area contributed by atoms with Crippen LogP contribution in [-0.4, -0.2) is 36.7 Å². The van der Waals surface area contributed by atoms with E-state index < -0.39 is 0 Å². The zero-order valence-corrected chi connectivity index (χ0v) is 8.71. The van der Waals surface area contributed by atoms with Crippen molar-refractivity contribution in [1.82, 2.24) is 4.90 Å². The van der Waals surface area contributed by atoms with Gasteiger partial charge in [-0.05, 0) is 19.8 Å². The Morgan fingerprint density at radius 1 is 1.33 bits per heavy atom. The molecule has 0 aromatic rings. The van der Waals surface area contributed by atoms with E-state index >= 15 is 0 Å². The molecule has 1 aliphatic heterocycles. The van der Waals surface area contributed by atoms with Gasteiger partial charge in [-0.15, -0.1) is 0 Å². The van der Waals surface area contributed by atoms with Crippen LogP contribution in [-0.2, 0) is 4.74 Å². The van der Waals surface area contributed by atoms with Crippen molar-refractivity contribution in [2.24, 2.45) is 5.92 Å². The third kappa shape index (κ3) is 2.46. The first-order valence-corrected chi connectivity index (χ1v) is 4.97. The minimum atomic E-state index is 0.417. The van der Waals surface area contributed by atoms with Gasteiger partial charge in [-0.2, -0.15) is 0 Å². The summed E-state index contributed by atoms with van der Waals surface area (Å²) >= 11 is 0. The van der Waals surface area contributed by atoms with E-state index in [1.54, 1.807) is 0 Å². The van der Waals surface area contributed by atoms with Crippen molar-refractivity contribution in [3.63, 3.8) is 0 Å². The lowest BCUT2D eigenvalue weighted by molar-refractivity contribution is -0.0378. The second-order valence-corrected chi connectivity index (χ2v) is 4.16. The molecule has 72 valence electrons. The Kier molecular flexibility index (Phi) is 3.53. The van der Waals surface area contributed by atoms with Crippen LogP contribution in [0.2, 0.25) is 0 Å². The standard InChI is InChI=1S/C10H21NO/c1-8(2)10(4)11-5-6-12-9(3)7-11/h8-10H,5-7H2,1-4H3. The maximum atomic E-state index is 5.50. The zero-order chi connectivity index (χ0) is 9.14. The fourth-order valence-corrected chi connectivity index (χ4v) is 1.64. The molecule has 1 rings (SSSR count). The average molecular weight is 171 g/mol. The lowest BCUT2D eigenvalue weighted by atomic mass is 10.0. The predicted molar refractivity (Wildman–Crippen MR) is 51.3 cm³/mol. The maximum absolute atomic E-state index is 5.50. The fourth-order valence-electron chi connectivity index (χ4n) is 1.64. The zero-order valence-electron chi connectivity index (χ0n) is 8.71. The first kappa shape index (κ1) is 10.0. The molecule has 2 atom stereocenters. The Labute approximate surface area is 75.9 Å². The van der Waals surface area contributed by atoms with E-state index in [2.05, 4.69) is 32.6 Å². The van der Waals surface area contributed by atoms with Gasteiger partial charge in [0.1, 0.15) is 0 Å². The molecule has 0 amide bonds. The number of rotatable bonds is 2. The van der Waals surface area contributed by atoms with Gasteiger partial charge < -0.3 is 4.74 Å². The Hall–Kier alpha value is -0.0800. The predicted octanol–water partition coefficient (Wildman–Crippen LogP) is 1.75. The van der Waals surface area contributed by atoms with E-state index in [9.17, 15) is 0 Å². The average Bonchev–Trinajstić information content (AvgIpc) is 2.03. The molecule has 0 aliphatic carbocycles.